The highest BCUT2D eigenvalue weighted by Gasteiger charge is 2.32. The average molecular weight is 382 g/mol. The summed E-state index contributed by atoms with van der Waals surface area (Å²) in [4.78, 5) is 2.21. The van der Waals surface area contributed by atoms with Gasteiger partial charge in [0.2, 0.25) is 0 Å². The van der Waals surface area contributed by atoms with E-state index < -0.39 is 9.84 Å². The molecule has 0 saturated carbocycles. The van der Waals surface area contributed by atoms with Crippen LogP contribution in [-0.2, 0) is 22.9 Å². The van der Waals surface area contributed by atoms with Gasteiger partial charge in [0.25, 0.3) is 0 Å². The molecule has 0 spiro atoms. The minimum atomic E-state index is -2.95. The van der Waals surface area contributed by atoms with Crippen LogP contribution in [-0.4, -0.2) is 45.9 Å². The molecule has 7 heteroatoms. The lowest BCUT2D eigenvalue weighted by Crippen LogP contribution is -2.35. The monoisotopic (exact) mass is 382 g/mol. The van der Waals surface area contributed by atoms with Gasteiger partial charge < -0.3 is 0 Å². The van der Waals surface area contributed by atoms with Crippen LogP contribution in [0.5, 0.6) is 0 Å². The molecule has 0 amide bonds. The van der Waals surface area contributed by atoms with Gasteiger partial charge in [-0.3, -0.25) is 4.90 Å². The fraction of sp³-hybridized carbons (Fsp3) is 0.300. The third kappa shape index (κ3) is 4.43. The highest BCUT2D eigenvalue weighted by molar-refractivity contribution is 7.91. The summed E-state index contributed by atoms with van der Waals surface area (Å²) < 4.78 is 25.7. The Balaban J connectivity index is 1.55. The summed E-state index contributed by atoms with van der Waals surface area (Å²) >= 11 is 0. The van der Waals surface area contributed by atoms with Gasteiger partial charge in [0.1, 0.15) is 0 Å². The zero-order valence-corrected chi connectivity index (χ0v) is 15.8. The van der Waals surface area contributed by atoms with E-state index in [0.29, 0.717) is 19.5 Å². The van der Waals surface area contributed by atoms with Crippen LogP contribution in [0.25, 0.3) is 5.69 Å². The van der Waals surface area contributed by atoms with Crippen LogP contribution < -0.4 is 0 Å². The number of rotatable bonds is 6. The third-order valence-electron chi connectivity index (χ3n) is 4.88. The lowest BCUT2D eigenvalue weighted by atomic mass is 10.1. The number of aromatic nitrogens is 3. The van der Waals surface area contributed by atoms with Crippen LogP contribution in [0.3, 0.4) is 0 Å². The summed E-state index contributed by atoms with van der Waals surface area (Å²) in [6, 6.07) is 20.0. The SMILES string of the molecule is O=S1(=O)CC[C@H](N(Cc2ccccc2)Cc2cn(-c3ccccc3)nn2)C1. The molecule has 0 bridgehead atoms. The smallest absolute Gasteiger partial charge is 0.151 e. The van der Waals surface area contributed by atoms with Crippen LogP contribution in [0.15, 0.2) is 66.9 Å². The molecule has 1 aromatic heterocycles. The summed E-state index contributed by atoms with van der Waals surface area (Å²) in [5.41, 5.74) is 2.95. The maximum atomic E-state index is 12.0. The Morgan fingerprint density at radius 3 is 2.37 bits per heavy atom. The van der Waals surface area contributed by atoms with Crippen LogP contribution >= 0.6 is 0 Å². The van der Waals surface area contributed by atoms with Crippen molar-refractivity contribution in [2.45, 2.75) is 25.6 Å². The van der Waals surface area contributed by atoms with E-state index in [1.54, 1.807) is 4.68 Å². The highest BCUT2D eigenvalue weighted by atomic mass is 32.2. The Morgan fingerprint density at radius 2 is 1.70 bits per heavy atom. The van der Waals surface area contributed by atoms with Gasteiger partial charge in [-0.05, 0) is 24.1 Å². The summed E-state index contributed by atoms with van der Waals surface area (Å²) in [6.45, 7) is 1.27. The lowest BCUT2D eigenvalue weighted by Gasteiger charge is -2.27. The Kier molecular flexibility index (Phi) is 5.05. The van der Waals surface area contributed by atoms with Crippen molar-refractivity contribution < 1.29 is 8.42 Å². The first-order valence-electron chi connectivity index (χ1n) is 9.04. The zero-order valence-electron chi connectivity index (χ0n) is 15.0. The van der Waals surface area contributed by atoms with Gasteiger partial charge in [0.05, 0.1) is 29.1 Å². The second-order valence-corrected chi connectivity index (χ2v) is 9.17. The van der Waals surface area contributed by atoms with Gasteiger partial charge in [-0.1, -0.05) is 53.7 Å². The van der Waals surface area contributed by atoms with Gasteiger partial charge in [-0.25, -0.2) is 13.1 Å². The summed E-state index contributed by atoms with van der Waals surface area (Å²) in [7, 11) is -2.95. The van der Waals surface area contributed by atoms with Crippen molar-refractivity contribution in [3.05, 3.63) is 78.1 Å². The van der Waals surface area contributed by atoms with Crippen LogP contribution in [0, 0.1) is 0 Å². The zero-order chi connectivity index (χ0) is 18.7. The molecular formula is C20H22N4O2S. The predicted molar refractivity (Wildman–Crippen MR) is 104 cm³/mol. The van der Waals surface area contributed by atoms with Crippen molar-refractivity contribution in [2.75, 3.05) is 11.5 Å². The molecule has 27 heavy (non-hydrogen) atoms. The quantitative estimate of drug-likeness (QED) is 0.655. The van der Waals surface area contributed by atoms with Gasteiger partial charge in [0, 0.05) is 19.1 Å². The molecule has 6 nitrogen and oxygen atoms in total. The number of sulfone groups is 1. The second-order valence-electron chi connectivity index (χ2n) is 6.94. The van der Waals surface area contributed by atoms with E-state index in [0.717, 1.165) is 16.9 Å². The van der Waals surface area contributed by atoms with Gasteiger partial charge in [0.15, 0.2) is 9.84 Å². The molecule has 140 valence electrons. The van der Waals surface area contributed by atoms with Crippen LogP contribution in [0.1, 0.15) is 17.7 Å². The third-order valence-corrected chi connectivity index (χ3v) is 6.63. The van der Waals surface area contributed by atoms with E-state index in [-0.39, 0.29) is 17.5 Å². The number of hydrogen-bond donors (Lipinski definition) is 0. The molecule has 3 aromatic rings. The first-order valence-corrected chi connectivity index (χ1v) is 10.9. The number of para-hydroxylation sites is 1. The molecule has 1 saturated heterocycles. The molecule has 2 aromatic carbocycles. The molecule has 0 unspecified atom stereocenters. The average Bonchev–Trinajstić information content (AvgIpc) is 3.29. The fourth-order valence-corrected chi connectivity index (χ4v) is 5.24. The number of nitrogens with zero attached hydrogens (tertiary/aromatic N) is 4. The molecule has 1 aliphatic rings. The maximum Gasteiger partial charge on any atom is 0.151 e. The predicted octanol–water partition coefficient (Wildman–Crippen LogP) is 2.46. The summed E-state index contributed by atoms with van der Waals surface area (Å²) in [6.07, 6.45) is 2.58. The topological polar surface area (TPSA) is 68.1 Å². The number of benzene rings is 2. The number of hydrogen-bond acceptors (Lipinski definition) is 5. The fourth-order valence-electron chi connectivity index (χ4n) is 3.48. The molecule has 1 aliphatic heterocycles. The summed E-state index contributed by atoms with van der Waals surface area (Å²) in [5, 5.41) is 8.53. The molecule has 4 rings (SSSR count). The Hall–Kier alpha value is -2.51. The first kappa shape index (κ1) is 17.9. The second kappa shape index (κ2) is 7.62. The molecule has 1 atom stereocenters. The van der Waals surface area contributed by atoms with Crippen molar-refractivity contribution in [1.29, 1.82) is 0 Å². The standard InChI is InChI=1S/C20H22N4O2S/c25-27(26)12-11-20(16-27)23(13-17-7-3-1-4-8-17)14-18-15-24(22-21-18)19-9-5-2-6-10-19/h1-10,15,20H,11-14,16H2/t20-/m0/s1. The van der Waals surface area contributed by atoms with Gasteiger partial charge in [-0.15, -0.1) is 5.10 Å². The van der Waals surface area contributed by atoms with Crippen molar-refractivity contribution >= 4 is 9.84 Å². The Labute approximate surface area is 159 Å². The van der Waals surface area contributed by atoms with E-state index >= 15 is 0 Å². The van der Waals surface area contributed by atoms with Gasteiger partial charge >= 0.3 is 0 Å². The largest absolute Gasteiger partial charge is 0.289 e. The molecule has 2 heterocycles. The lowest BCUT2D eigenvalue weighted by molar-refractivity contribution is 0.192. The molecular weight excluding hydrogens is 360 g/mol. The molecule has 0 N–H and O–H groups in total. The first-order chi connectivity index (χ1) is 13.1. The maximum absolute atomic E-state index is 12.0. The Morgan fingerprint density at radius 1 is 1.00 bits per heavy atom. The normalized spacial score (nSPS) is 18.8. The van der Waals surface area contributed by atoms with Crippen molar-refractivity contribution in [3.63, 3.8) is 0 Å². The minimum absolute atomic E-state index is 0.0112. The molecule has 1 fully saturated rings. The molecule has 0 aliphatic carbocycles. The van der Waals surface area contributed by atoms with E-state index in [1.807, 2.05) is 54.7 Å². The van der Waals surface area contributed by atoms with E-state index in [9.17, 15) is 8.42 Å². The van der Waals surface area contributed by atoms with Crippen molar-refractivity contribution in [2.24, 2.45) is 0 Å². The Bertz CT molecular complexity index is 987. The van der Waals surface area contributed by atoms with Crippen molar-refractivity contribution in [3.8, 4) is 5.69 Å². The van der Waals surface area contributed by atoms with E-state index in [4.69, 9.17) is 0 Å². The summed E-state index contributed by atoms with van der Waals surface area (Å²) in [5.74, 6) is 0.478. The van der Waals surface area contributed by atoms with E-state index in [2.05, 4.69) is 27.3 Å². The molecule has 0 radical (unpaired) electrons. The van der Waals surface area contributed by atoms with Gasteiger partial charge in [-0.2, -0.15) is 0 Å². The van der Waals surface area contributed by atoms with E-state index in [1.165, 1.54) is 0 Å². The van der Waals surface area contributed by atoms with Crippen LogP contribution in [0.2, 0.25) is 0 Å². The highest BCUT2D eigenvalue weighted by Crippen LogP contribution is 2.22. The van der Waals surface area contributed by atoms with Crippen LogP contribution in [0.4, 0.5) is 0 Å². The van der Waals surface area contributed by atoms with Crippen molar-refractivity contribution in [1.82, 2.24) is 19.9 Å². The minimum Gasteiger partial charge on any atom is -0.289 e.